The van der Waals surface area contributed by atoms with Crippen LogP contribution in [0, 0.1) is 13.8 Å². The zero-order chi connectivity index (χ0) is 23.6. The average Bonchev–Trinajstić information content (AvgIpc) is 3.23. The Labute approximate surface area is 194 Å². The summed E-state index contributed by atoms with van der Waals surface area (Å²) in [5.74, 6) is -0.726. The van der Waals surface area contributed by atoms with Crippen LogP contribution >= 0.6 is 0 Å². The van der Waals surface area contributed by atoms with Crippen LogP contribution < -0.4 is 0 Å². The van der Waals surface area contributed by atoms with Crippen molar-refractivity contribution in [1.82, 2.24) is 4.31 Å². The lowest BCUT2D eigenvalue weighted by molar-refractivity contribution is -0.154. The van der Waals surface area contributed by atoms with Crippen LogP contribution in [-0.4, -0.2) is 37.6 Å². The number of hydrogen-bond acceptors (Lipinski definition) is 5. The van der Waals surface area contributed by atoms with Crippen LogP contribution in [0.4, 0.5) is 0 Å². The molecule has 1 unspecified atom stereocenters. The lowest BCUT2D eigenvalue weighted by atomic mass is 10.0. The van der Waals surface area contributed by atoms with E-state index >= 15 is 0 Å². The van der Waals surface area contributed by atoms with Gasteiger partial charge < -0.3 is 4.74 Å². The molecule has 0 amide bonds. The Balaban J connectivity index is 1.99. The molecule has 6 nitrogen and oxygen atoms in total. The molecule has 7 heteroatoms. The number of carbonyl (C=O) groups excluding carboxylic acids is 1. The Morgan fingerprint density at radius 2 is 1.61 bits per heavy atom. The van der Waals surface area contributed by atoms with Crippen LogP contribution in [0.1, 0.15) is 29.2 Å². The fourth-order valence-corrected chi connectivity index (χ4v) is 5.65. The molecule has 0 spiro atoms. The van der Waals surface area contributed by atoms with Gasteiger partial charge in [-0.1, -0.05) is 72.3 Å². The summed E-state index contributed by atoms with van der Waals surface area (Å²) in [5.41, 5.74) is 1.76. The molecule has 0 N–H and O–H groups in total. The maximum absolute atomic E-state index is 14.0. The first kappa shape index (κ1) is 22.9. The highest BCUT2D eigenvalue weighted by Crippen LogP contribution is 2.41. The number of benzene rings is 3. The third kappa shape index (κ3) is 3.98. The molecule has 33 heavy (non-hydrogen) atoms. The Morgan fingerprint density at radius 3 is 2.24 bits per heavy atom. The number of rotatable bonds is 6. The average molecular weight is 463 g/mol. The summed E-state index contributed by atoms with van der Waals surface area (Å²) < 4.78 is 34.5. The van der Waals surface area contributed by atoms with Crippen molar-refractivity contribution in [3.05, 3.63) is 101 Å². The van der Waals surface area contributed by atoms with Gasteiger partial charge in [0.05, 0.1) is 23.8 Å². The minimum atomic E-state index is -4.11. The molecule has 0 aliphatic carbocycles. The number of aliphatic imine (C=N–C) groups is 1. The molecule has 3 aromatic rings. The summed E-state index contributed by atoms with van der Waals surface area (Å²) in [4.78, 5) is 18.5. The van der Waals surface area contributed by atoms with Crippen LogP contribution in [-0.2, 0) is 25.2 Å². The molecule has 1 aliphatic rings. The van der Waals surface area contributed by atoms with Gasteiger partial charge >= 0.3 is 5.97 Å². The number of carbonyl (C=O) groups is 1. The first-order chi connectivity index (χ1) is 15.8. The topological polar surface area (TPSA) is 76.0 Å². The fraction of sp³-hybridized carbons (Fsp3) is 0.231. The summed E-state index contributed by atoms with van der Waals surface area (Å²) in [6, 6.07) is 22.9. The summed E-state index contributed by atoms with van der Waals surface area (Å²) >= 11 is 0. The van der Waals surface area contributed by atoms with Gasteiger partial charge in [-0.15, -0.1) is 0 Å². The van der Waals surface area contributed by atoms with Gasteiger partial charge in [-0.2, -0.15) is 4.31 Å². The van der Waals surface area contributed by atoms with Crippen molar-refractivity contribution in [2.75, 3.05) is 13.2 Å². The number of hydrogen-bond donors (Lipinski definition) is 0. The van der Waals surface area contributed by atoms with Gasteiger partial charge in [-0.05, 0) is 44.0 Å². The van der Waals surface area contributed by atoms with Gasteiger partial charge in [0.15, 0.2) is 0 Å². The molecule has 1 atom stereocenters. The van der Waals surface area contributed by atoms with Crippen molar-refractivity contribution in [3.8, 4) is 0 Å². The fourth-order valence-electron chi connectivity index (χ4n) is 4.05. The molecule has 0 aromatic heterocycles. The maximum Gasteiger partial charge on any atom is 0.355 e. The molecule has 0 saturated heterocycles. The molecule has 0 radical (unpaired) electrons. The lowest BCUT2D eigenvalue weighted by Gasteiger charge is -2.33. The molecule has 0 bridgehead atoms. The first-order valence-corrected chi connectivity index (χ1v) is 12.2. The molecular formula is C26H26N2O4S. The minimum Gasteiger partial charge on any atom is -0.463 e. The zero-order valence-corrected chi connectivity index (χ0v) is 19.7. The van der Waals surface area contributed by atoms with Crippen LogP contribution in [0.5, 0.6) is 0 Å². The van der Waals surface area contributed by atoms with Crippen molar-refractivity contribution in [2.45, 2.75) is 31.3 Å². The third-order valence-electron chi connectivity index (χ3n) is 5.75. The number of sulfonamides is 1. The number of nitrogens with zero attached hydrogens (tertiary/aromatic N) is 2. The van der Waals surface area contributed by atoms with E-state index in [-0.39, 0.29) is 18.0 Å². The van der Waals surface area contributed by atoms with Crippen molar-refractivity contribution < 1.29 is 17.9 Å². The lowest BCUT2D eigenvalue weighted by Crippen LogP contribution is -2.51. The molecule has 0 fully saturated rings. The van der Waals surface area contributed by atoms with Gasteiger partial charge in [0.1, 0.15) is 0 Å². The highest BCUT2D eigenvalue weighted by Gasteiger charge is 2.57. The quantitative estimate of drug-likeness (QED) is 0.514. The van der Waals surface area contributed by atoms with Crippen molar-refractivity contribution >= 4 is 21.7 Å². The van der Waals surface area contributed by atoms with Crippen LogP contribution in [0.2, 0.25) is 0 Å². The Kier molecular flexibility index (Phi) is 6.19. The second-order valence-electron chi connectivity index (χ2n) is 7.96. The first-order valence-electron chi connectivity index (χ1n) is 10.8. The Morgan fingerprint density at radius 1 is 0.970 bits per heavy atom. The molecule has 1 aliphatic heterocycles. The third-order valence-corrected chi connectivity index (χ3v) is 7.59. The standard InChI is InChI=1S/C26H26N2O4S/c1-4-32-25(29)26(21-11-6-5-7-12-21)27-24(23-13-9-8-10-20(23)3)18-28(26)33(30,31)22-16-14-19(2)15-17-22/h5-17H,4,18H2,1-3H3. The second-order valence-corrected chi connectivity index (χ2v) is 9.82. The van der Waals surface area contributed by atoms with E-state index in [4.69, 9.17) is 9.73 Å². The Bertz CT molecular complexity index is 1300. The predicted molar refractivity (Wildman–Crippen MR) is 128 cm³/mol. The maximum atomic E-state index is 14.0. The van der Waals surface area contributed by atoms with E-state index < -0.39 is 21.7 Å². The van der Waals surface area contributed by atoms with Crippen molar-refractivity contribution in [3.63, 3.8) is 0 Å². The van der Waals surface area contributed by atoms with E-state index in [0.29, 0.717) is 11.3 Å². The van der Waals surface area contributed by atoms with Crippen LogP contribution in [0.3, 0.4) is 0 Å². The van der Waals surface area contributed by atoms with E-state index in [0.717, 1.165) is 16.7 Å². The largest absolute Gasteiger partial charge is 0.463 e. The zero-order valence-electron chi connectivity index (χ0n) is 18.9. The molecular weight excluding hydrogens is 436 g/mol. The number of esters is 1. The highest BCUT2D eigenvalue weighted by molar-refractivity contribution is 7.89. The van der Waals surface area contributed by atoms with Gasteiger partial charge in [-0.25, -0.2) is 18.2 Å². The summed E-state index contributed by atoms with van der Waals surface area (Å²) in [5, 5.41) is 0. The van der Waals surface area contributed by atoms with E-state index in [1.54, 1.807) is 55.5 Å². The molecule has 0 saturated carbocycles. The minimum absolute atomic E-state index is 0.0607. The predicted octanol–water partition coefficient (Wildman–Crippen LogP) is 4.21. The second kappa shape index (κ2) is 8.92. The SMILES string of the molecule is CCOC(=O)C1(c2ccccc2)N=C(c2ccccc2C)CN1S(=O)(=O)c1ccc(C)cc1. The van der Waals surface area contributed by atoms with Crippen LogP contribution in [0.25, 0.3) is 0 Å². The van der Waals surface area contributed by atoms with E-state index in [1.807, 2.05) is 44.2 Å². The van der Waals surface area contributed by atoms with Crippen LogP contribution in [0.15, 0.2) is 88.8 Å². The Hall–Kier alpha value is -3.29. The highest BCUT2D eigenvalue weighted by atomic mass is 32.2. The van der Waals surface area contributed by atoms with Gasteiger partial charge in [0.25, 0.3) is 5.66 Å². The summed E-state index contributed by atoms with van der Waals surface area (Å²) in [7, 11) is -4.11. The summed E-state index contributed by atoms with van der Waals surface area (Å²) in [6.45, 7) is 5.55. The van der Waals surface area contributed by atoms with Crippen molar-refractivity contribution in [1.29, 1.82) is 0 Å². The molecule has 1 heterocycles. The normalized spacial score (nSPS) is 18.7. The molecule has 4 rings (SSSR count). The van der Waals surface area contributed by atoms with E-state index in [9.17, 15) is 13.2 Å². The van der Waals surface area contributed by atoms with E-state index in [2.05, 4.69) is 0 Å². The summed E-state index contributed by atoms with van der Waals surface area (Å²) in [6.07, 6.45) is 0. The molecule has 170 valence electrons. The monoisotopic (exact) mass is 462 g/mol. The number of aryl methyl sites for hydroxylation is 2. The van der Waals surface area contributed by atoms with Gasteiger partial charge in [0.2, 0.25) is 10.0 Å². The smallest absolute Gasteiger partial charge is 0.355 e. The van der Waals surface area contributed by atoms with E-state index in [1.165, 1.54) is 4.31 Å². The molecule has 3 aromatic carbocycles. The number of ether oxygens (including phenoxy) is 1. The van der Waals surface area contributed by atoms with Gasteiger partial charge in [-0.3, -0.25) is 0 Å². The van der Waals surface area contributed by atoms with Gasteiger partial charge in [0, 0.05) is 5.56 Å². The van der Waals surface area contributed by atoms with Crippen molar-refractivity contribution in [2.24, 2.45) is 4.99 Å².